The Balaban J connectivity index is 0.00000192. The second-order valence-corrected chi connectivity index (χ2v) is 6.25. The van der Waals surface area contributed by atoms with Gasteiger partial charge in [-0.25, -0.2) is 0 Å². The van der Waals surface area contributed by atoms with E-state index in [1.165, 1.54) is 0 Å². The van der Waals surface area contributed by atoms with Crippen LogP contribution in [0.3, 0.4) is 0 Å². The lowest BCUT2D eigenvalue weighted by Gasteiger charge is -2.29. The first-order valence-electron chi connectivity index (χ1n) is 8.34. The Kier molecular flexibility index (Phi) is 6.88. The molecule has 0 bridgehead atoms. The van der Waals surface area contributed by atoms with Gasteiger partial charge in [-0.2, -0.15) is 0 Å². The van der Waals surface area contributed by atoms with Crippen LogP contribution in [0.1, 0.15) is 31.2 Å². The quantitative estimate of drug-likeness (QED) is 0.773. The van der Waals surface area contributed by atoms with Crippen molar-refractivity contribution in [3.8, 4) is 0 Å². The lowest BCUT2D eigenvalue weighted by atomic mass is 9.79. The standard InChI is InChI=1S/C18H25NO3.ClH/c20-17(22-15-12-19-10-13-21-14-11-19)18(8-4-5-9-18)16-6-2-1-3-7-16;/h1-3,6-7H,4-5,8-15H2;1H. The summed E-state index contributed by atoms with van der Waals surface area (Å²) in [6, 6.07) is 10.1. The molecular weight excluding hydrogens is 314 g/mol. The smallest absolute Gasteiger partial charge is 0.316 e. The minimum absolute atomic E-state index is 0. The number of halogens is 1. The number of carbonyl (C=O) groups excluding carboxylic acids is 1. The number of hydrogen-bond donors (Lipinski definition) is 0. The van der Waals surface area contributed by atoms with Gasteiger partial charge in [0.15, 0.2) is 0 Å². The molecule has 2 fully saturated rings. The predicted octanol–water partition coefficient (Wildman–Crippen LogP) is 2.80. The Morgan fingerprint density at radius 3 is 2.43 bits per heavy atom. The number of benzene rings is 1. The highest BCUT2D eigenvalue weighted by molar-refractivity contribution is 5.85. The Morgan fingerprint density at radius 2 is 1.78 bits per heavy atom. The molecule has 1 aromatic rings. The van der Waals surface area contributed by atoms with Crippen LogP contribution in [0.5, 0.6) is 0 Å². The monoisotopic (exact) mass is 339 g/mol. The van der Waals surface area contributed by atoms with Crippen molar-refractivity contribution >= 4 is 18.4 Å². The van der Waals surface area contributed by atoms with E-state index in [4.69, 9.17) is 9.47 Å². The first kappa shape index (κ1) is 18.2. The molecule has 1 saturated carbocycles. The fourth-order valence-electron chi connectivity index (χ4n) is 3.58. The van der Waals surface area contributed by atoms with Crippen LogP contribution in [0.15, 0.2) is 30.3 Å². The van der Waals surface area contributed by atoms with Gasteiger partial charge in [0.2, 0.25) is 0 Å². The van der Waals surface area contributed by atoms with Gasteiger partial charge >= 0.3 is 5.97 Å². The van der Waals surface area contributed by atoms with Gasteiger partial charge in [-0.05, 0) is 18.4 Å². The Bertz CT molecular complexity index is 482. The second kappa shape index (κ2) is 8.67. The molecule has 0 N–H and O–H groups in total. The van der Waals surface area contributed by atoms with E-state index in [0.29, 0.717) is 6.61 Å². The summed E-state index contributed by atoms with van der Waals surface area (Å²) >= 11 is 0. The molecule has 2 aliphatic rings. The molecule has 0 atom stereocenters. The molecule has 1 heterocycles. The van der Waals surface area contributed by atoms with Crippen LogP contribution in [-0.2, 0) is 19.7 Å². The van der Waals surface area contributed by atoms with E-state index in [0.717, 1.165) is 64.1 Å². The van der Waals surface area contributed by atoms with Gasteiger partial charge in [-0.3, -0.25) is 9.69 Å². The van der Waals surface area contributed by atoms with Crippen LogP contribution in [-0.4, -0.2) is 50.3 Å². The lowest BCUT2D eigenvalue weighted by Crippen LogP contribution is -2.40. The van der Waals surface area contributed by atoms with Crippen LogP contribution in [0, 0.1) is 0 Å². The fraction of sp³-hybridized carbons (Fsp3) is 0.611. The minimum Gasteiger partial charge on any atom is -0.464 e. The largest absolute Gasteiger partial charge is 0.464 e. The summed E-state index contributed by atoms with van der Waals surface area (Å²) in [5.41, 5.74) is 0.704. The van der Waals surface area contributed by atoms with Gasteiger partial charge in [0.05, 0.1) is 18.6 Å². The molecule has 1 aliphatic carbocycles. The normalized spacial score (nSPS) is 20.7. The van der Waals surface area contributed by atoms with Gasteiger partial charge in [0.25, 0.3) is 0 Å². The molecule has 0 radical (unpaired) electrons. The molecule has 1 aromatic carbocycles. The minimum atomic E-state index is -0.410. The fourth-order valence-corrected chi connectivity index (χ4v) is 3.58. The third kappa shape index (κ3) is 4.25. The van der Waals surface area contributed by atoms with E-state index in [2.05, 4.69) is 17.0 Å². The van der Waals surface area contributed by atoms with Crippen LogP contribution in [0.4, 0.5) is 0 Å². The number of carbonyl (C=O) groups is 1. The van der Waals surface area contributed by atoms with Crippen LogP contribution in [0.25, 0.3) is 0 Å². The number of rotatable bonds is 5. The van der Waals surface area contributed by atoms with Crippen molar-refractivity contribution in [2.75, 3.05) is 39.5 Å². The summed E-state index contributed by atoms with van der Waals surface area (Å²) in [7, 11) is 0. The summed E-state index contributed by atoms with van der Waals surface area (Å²) in [4.78, 5) is 15.0. The third-order valence-corrected chi connectivity index (χ3v) is 4.92. The SMILES string of the molecule is Cl.O=C(OCCN1CCOCC1)C1(c2ccccc2)CCCC1. The maximum absolute atomic E-state index is 12.7. The van der Waals surface area contributed by atoms with Gasteiger partial charge in [0.1, 0.15) is 6.61 Å². The molecule has 128 valence electrons. The van der Waals surface area contributed by atoms with E-state index in [1.807, 2.05) is 18.2 Å². The third-order valence-electron chi connectivity index (χ3n) is 4.92. The van der Waals surface area contributed by atoms with Gasteiger partial charge in [-0.15, -0.1) is 12.4 Å². The molecule has 0 amide bonds. The topological polar surface area (TPSA) is 38.8 Å². The van der Waals surface area contributed by atoms with Crippen molar-refractivity contribution in [2.45, 2.75) is 31.1 Å². The summed E-state index contributed by atoms with van der Waals surface area (Å²) in [5, 5.41) is 0. The molecule has 1 aliphatic heterocycles. The van der Waals surface area contributed by atoms with E-state index >= 15 is 0 Å². The molecule has 0 spiro atoms. The Hall–Kier alpha value is -1.10. The maximum atomic E-state index is 12.7. The number of morpholine rings is 1. The number of hydrogen-bond acceptors (Lipinski definition) is 4. The molecule has 4 nitrogen and oxygen atoms in total. The molecule has 5 heteroatoms. The second-order valence-electron chi connectivity index (χ2n) is 6.25. The highest BCUT2D eigenvalue weighted by atomic mass is 35.5. The highest BCUT2D eigenvalue weighted by Gasteiger charge is 2.44. The van der Waals surface area contributed by atoms with Crippen LogP contribution < -0.4 is 0 Å². The molecule has 0 unspecified atom stereocenters. The average Bonchev–Trinajstić information content (AvgIpc) is 3.08. The highest BCUT2D eigenvalue weighted by Crippen LogP contribution is 2.42. The first-order valence-corrected chi connectivity index (χ1v) is 8.34. The van der Waals surface area contributed by atoms with Crippen LogP contribution in [0.2, 0.25) is 0 Å². The molecule has 0 aromatic heterocycles. The van der Waals surface area contributed by atoms with E-state index in [-0.39, 0.29) is 18.4 Å². The summed E-state index contributed by atoms with van der Waals surface area (Å²) in [6.07, 6.45) is 4.03. The van der Waals surface area contributed by atoms with Crippen molar-refractivity contribution < 1.29 is 14.3 Å². The molecule has 23 heavy (non-hydrogen) atoms. The number of ether oxygens (including phenoxy) is 2. The summed E-state index contributed by atoms with van der Waals surface area (Å²) in [5.74, 6) is -0.0375. The summed E-state index contributed by atoms with van der Waals surface area (Å²) in [6.45, 7) is 4.71. The summed E-state index contributed by atoms with van der Waals surface area (Å²) < 4.78 is 11.0. The van der Waals surface area contributed by atoms with Crippen LogP contribution >= 0.6 is 12.4 Å². The van der Waals surface area contributed by atoms with E-state index < -0.39 is 5.41 Å². The zero-order valence-corrected chi connectivity index (χ0v) is 14.4. The zero-order chi connectivity index (χ0) is 15.3. The first-order chi connectivity index (χ1) is 10.8. The predicted molar refractivity (Wildman–Crippen MR) is 92.1 cm³/mol. The Labute approximate surface area is 144 Å². The number of esters is 1. The van der Waals surface area contributed by atoms with Crippen molar-refractivity contribution in [1.29, 1.82) is 0 Å². The molecular formula is C18H26ClNO3. The van der Waals surface area contributed by atoms with Crippen molar-refractivity contribution in [2.24, 2.45) is 0 Å². The Morgan fingerprint density at radius 1 is 1.13 bits per heavy atom. The van der Waals surface area contributed by atoms with Gasteiger partial charge < -0.3 is 9.47 Å². The van der Waals surface area contributed by atoms with E-state index in [9.17, 15) is 4.79 Å². The molecule has 1 saturated heterocycles. The molecule has 3 rings (SSSR count). The average molecular weight is 340 g/mol. The maximum Gasteiger partial charge on any atom is 0.316 e. The van der Waals surface area contributed by atoms with E-state index in [1.54, 1.807) is 0 Å². The van der Waals surface area contributed by atoms with Crippen molar-refractivity contribution in [3.63, 3.8) is 0 Å². The lowest BCUT2D eigenvalue weighted by molar-refractivity contribution is -0.151. The van der Waals surface area contributed by atoms with Gasteiger partial charge in [-0.1, -0.05) is 43.2 Å². The van der Waals surface area contributed by atoms with Crippen molar-refractivity contribution in [3.05, 3.63) is 35.9 Å². The number of nitrogens with zero attached hydrogens (tertiary/aromatic N) is 1. The zero-order valence-electron chi connectivity index (χ0n) is 13.5. The van der Waals surface area contributed by atoms with Crippen molar-refractivity contribution in [1.82, 2.24) is 4.90 Å². The van der Waals surface area contributed by atoms with Gasteiger partial charge in [0, 0.05) is 19.6 Å².